The molecule has 0 aromatic heterocycles. The lowest BCUT2D eigenvalue weighted by Gasteiger charge is -2.18. The molecule has 0 bridgehead atoms. The Balaban J connectivity index is 1.50. The van der Waals surface area contributed by atoms with E-state index in [9.17, 15) is 14.4 Å². The number of hydrogen-bond acceptors (Lipinski definition) is 5. The van der Waals surface area contributed by atoms with Gasteiger partial charge in [0, 0.05) is 27.8 Å². The molecule has 3 aromatic carbocycles. The molecule has 1 heterocycles. The molecular formula is C25H18Cl3N3O4. The van der Waals surface area contributed by atoms with Crippen LogP contribution in [0.2, 0.25) is 10.0 Å². The average Bonchev–Trinajstić information content (AvgIpc) is 3.06. The number of amides is 3. The first-order valence-corrected chi connectivity index (χ1v) is 11.4. The summed E-state index contributed by atoms with van der Waals surface area (Å²) in [5.41, 5.74) is 1.61. The van der Waals surface area contributed by atoms with E-state index in [4.69, 9.17) is 39.5 Å². The Hall–Kier alpha value is -3.52. The van der Waals surface area contributed by atoms with Crippen LogP contribution in [0.5, 0.6) is 5.75 Å². The lowest BCUT2D eigenvalue weighted by molar-refractivity contribution is -0.120. The smallest absolute Gasteiger partial charge is 0.283 e. The van der Waals surface area contributed by atoms with Gasteiger partial charge in [0.1, 0.15) is 16.5 Å². The normalized spacial score (nSPS) is 13.3. The molecule has 0 spiro atoms. The molecule has 0 radical (unpaired) electrons. The van der Waals surface area contributed by atoms with Crippen LogP contribution in [0.1, 0.15) is 15.9 Å². The van der Waals surface area contributed by atoms with Crippen LogP contribution in [0.3, 0.4) is 0 Å². The summed E-state index contributed by atoms with van der Waals surface area (Å²) in [5.74, 6) is -1.34. The first kappa shape index (κ1) is 24.6. The van der Waals surface area contributed by atoms with Crippen molar-refractivity contribution in [2.24, 2.45) is 0 Å². The van der Waals surface area contributed by atoms with Gasteiger partial charge in [0.15, 0.2) is 0 Å². The molecule has 35 heavy (non-hydrogen) atoms. The number of hydrogen-bond donors (Lipinski definition) is 2. The molecule has 10 heteroatoms. The van der Waals surface area contributed by atoms with Gasteiger partial charge >= 0.3 is 0 Å². The summed E-state index contributed by atoms with van der Waals surface area (Å²) in [6, 6.07) is 18.1. The van der Waals surface area contributed by atoms with Crippen LogP contribution in [0.15, 0.2) is 77.5 Å². The summed E-state index contributed by atoms with van der Waals surface area (Å²) in [6.45, 7) is 0.199. The Bertz CT molecular complexity index is 1370. The van der Waals surface area contributed by atoms with Gasteiger partial charge in [-0.1, -0.05) is 59.1 Å². The molecule has 178 valence electrons. The first-order valence-electron chi connectivity index (χ1n) is 10.3. The van der Waals surface area contributed by atoms with Crippen molar-refractivity contribution >= 4 is 63.9 Å². The van der Waals surface area contributed by atoms with Gasteiger partial charge in [-0.15, -0.1) is 0 Å². The lowest BCUT2D eigenvalue weighted by atomic mass is 10.1. The topological polar surface area (TPSA) is 87.7 Å². The minimum atomic E-state index is -0.683. The second kappa shape index (κ2) is 10.4. The number of benzene rings is 3. The molecule has 0 saturated heterocycles. The van der Waals surface area contributed by atoms with Gasteiger partial charge in [-0.2, -0.15) is 0 Å². The third-order valence-corrected chi connectivity index (χ3v) is 6.14. The summed E-state index contributed by atoms with van der Waals surface area (Å²) in [5, 5.41) is 6.33. The molecule has 2 N–H and O–H groups in total. The number of nitrogens with zero attached hydrogens (tertiary/aromatic N) is 1. The first-order chi connectivity index (χ1) is 16.8. The van der Waals surface area contributed by atoms with E-state index in [1.54, 1.807) is 66.7 Å². The van der Waals surface area contributed by atoms with Gasteiger partial charge < -0.3 is 15.4 Å². The maximum Gasteiger partial charge on any atom is 0.283 e. The molecule has 3 aromatic rings. The molecule has 1 aliphatic rings. The van der Waals surface area contributed by atoms with Crippen LogP contribution >= 0.6 is 34.8 Å². The van der Waals surface area contributed by atoms with E-state index in [2.05, 4.69) is 10.6 Å². The number of ether oxygens (including phenoxy) is 1. The molecule has 0 aliphatic carbocycles. The number of methoxy groups -OCH3 is 1. The van der Waals surface area contributed by atoms with Gasteiger partial charge in [-0.25, -0.2) is 4.90 Å². The van der Waals surface area contributed by atoms with Gasteiger partial charge in [-0.05, 0) is 48.0 Å². The zero-order valence-electron chi connectivity index (χ0n) is 18.3. The summed E-state index contributed by atoms with van der Waals surface area (Å²) in [4.78, 5) is 39.5. The molecule has 4 rings (SSSR count). The van der Waals surface area contributed by atoms with Crippen molar-refractivity contribution in [2.75, 3.05) is 17.3 Å². The van der Waals surface area contributed by atoms with Crippen molar-refractivity contribution in [1.82, 2.24) is 5.32 Å². The number of nitrogens with one attached hydrogen (secondary N) is 2. The van der Waals surface area contributed by atoms with Crippen LogP contribution < -0.4 is 20.3 Å². The van der Waals surface area contributed by atoms with Crippen LogP contribution in [0, 0.1) is 0 Å². The molecule has 0 fully saturated rings. The van der Waals surface area contributed by atoms with Crippen molar-refractivity contribution in [3.63, 3.8) is 0 Å². The number of carbonyl (C=O) groups excluding carboxylic acids is 3. The Morgan fingerprint density at radius 3 is 2.46 bits per heavy atom. The highest BCUT2D eigenvalue weighted by Gasteiger charge is 2.40. The van der Waals surface area contributed by atoms with E-state index in [0.717, 1.165) is 4.90 Å². The largest absolute Gasteiger partial charge is 0.495 e. The van der Waals surface area contributed by atoms with E-state index in [-0.39, 0.29) is 28.9 Å². The minimum absolute atomic E-state index is 0.104. The van der Waals surface area contributed by atoms with E-state index >= 15 is 0 Å². The third kappa shape index (κ3) is 5.12. The zero-order valence-corrected chi connectivity index (χ0v) is 20.5. The Labute approximate surface area is 216 Å². The van der Waals surface area contributed by atoms with Crippen molar-refractivity contribution in [3.8, 4) is 5.75 Å². The monoisotopic (exact) mass is 529 g/mol. The lowest BCUT2D eigenvalue weighted by Crippen LogP contribution is -2.32. The highest BCUT2D eigenvalue weighted by atomic mass is 35.5. The minimum Gasteiger partial charge on any atom is -0.495 e. The molecular weight excluding hydrogens is 513 g/mol. The Morgan fingerprint density at radius 1 is 0.943 bits per heavy atom. The number of para-hydroxylation sites is 2. The fourth-order valence-electron chi connectivity index (χ4n) is 3.47. The van der Waals surface area contributed by atoms with Gasteiger partial charge in [-0.3, -0.25) is 14.4 Å². The summed E-state index contributed by atoms with van der Waals surface area (Å²) in [6.07, 6.45) is 0. The quantitative estimate of drug-likeness (QED) is 0.401. The molecule has 1 aliphatic heterocycles. The molecule has 0 atom stereocenters. The molecule has 0 unspecified atom stereocenters. The van der Waals surface area contributed by atoms with Gasteiger partial charge in [0.05, 0.1) is 12.8 Å². The molecule has 0 saturated carbocycles. The SMILES string of the molecule is COc1ccccc1N1C(=O)C(Cl)=C(Nc2cccc(C(=O)NCc3ccc(Cl)cc3Cl)c2)C1=O. The van der Waals surface area contributed by atoms with Crippen molar-refractivity contribution in [1.29, 1.82) is 0 Å². The van der Waals surface area contributed by atoms with E-state index in [1.807, 2.05) is 0 Å². The Kier molecular flexibility index (Phi) is 7.31. The number of halogens is 3. The molecule has 7 nitrogen and oxygen atoms in total. The number of anilines is 2. The fourth-order valence-corrected chi connectivity index (χ4v) is 4.16. The van der Waals surface area contributed by atoms with Crippen molar-refractivity contribution < 1.29 is 19.1 Å². The molecule has 3 amide bonds. The average molecular weight is 531 g/mol. The maximum absolute atomic E-state index is 13.1. The predicted molar refractivity (Wildman–Crippen MR) is 136 cm³/mol. The predicted octanol–water partition coefficient (Wildman–Crippen LogP) is 5.37. The third-order valence-electron chi connectivity index (χ3n) is 5.20. The Morgan fingerprint density at radius 2 is 1.71 bits per heavy atom. The summed E-state index contributed by atoms with van der Waals surface area (Å²) >= 11 is 18.3. The van der Waals surface area contributed by atoms with Crippen LogP contribution in [-0.2, 0) is 16.1 Å². The number of rotatable bonds is 7. The second-order valence-electron chi connectivity index (χ2n) is 7.43. The summed E-state index contributed by atoms with van der Waals surface area (Å²) < 4.78 is 5.27. The van der Waals surface area contributed by atoms with Crippen molar-refractivity contribution in [2.45, 2.75) is 6.54 Å². The zero-order chi connectivity index (χ0) is 25.1. The fraction of sp³-hybridized carbons (Fsp3) is 0.0800. The highest BCUT2D eigenvalue weighted by molar-refractivity contribution is 6.53. The van der Waals surface area contributed by atoms with E-state index in [0.29, 0.717) is 32.6 Å². The second-order valence-corrected chi connectivity index (χ2v) is 8.65. The van der Waals surface area contributed by atoms with E-state index < -0.39 is 11.8 Å². The van der Waals surface area contributed by atoms with Gasteiger partial charge in [0.2, 0.25) is 0 Å². The van der Waals surface area contributed by atoms with Gasteiger partial charge in [0.25, 0.3) is 17.7 Å². The highest BCUT2D eigenvalue weighted by Crippen LogP contribution is 2.35. The van der Waals surface area contributed by atoms with E-state index in [1.165, 1.54) is 7.11 Å². The van der Waals surface area contributed by atoms with Crippen molar-refractivity contribution in [3.05, 3.63) is 98.6 Å². The standard InChI is InChI=1S/C25H18Cl3N3O4/c1-35-20-8-3-2-7-19(20)31-24(33)21(28)22(25(31)34)30-17-6-4-5-14(11-17)23(32)29-13-15-9-10-16(26)12-18(15)27/h2-12,30H,13H2,1H3,(H,29,32). The van der Waals surface area contributed by atoms with Crippen LogP contribution in [0.25, 0.3) is 0 Å². The maximum atomic E-state index is 13.1. The summed E-state index contributed by atoms with van der Waals surface area (Å²) in [7, 11) is 1.44. The number of carbonyl (C=O) groups is 3. The van der Waals surface area contributed by atoms with Crippen LogP contribution in [-0.4, -0.2) is 24.8 Å². The van der Waals surface area contributed by atoms with Crippen LogP contribution in [0.4, 0.5) is 11.4 Å². The number of imide groups is 1.